The number of likely N-dealkylation sites (tertiary alicyclic amines) is 1. The molecular formula is C17H20N2O2. The Kier molecular flexibility index (Phi) is 4.77. The second kappa shape index (κ2) is 6.55. The minimum atomic E-state index is -0.749. The molecule has 1 aromatic carbocycles. The molecule has 1 fully saturated rings. The molecule has 1 aliphatic rings. The van der Waals surface area contributed by atoms with Crippen LogP contribution in [-0.4, -0.2) is 29.1 Å². The summed E-state index contributed by atoms with van der Waals surface area (Å²) in [6.45, 7) is 5.69. The molecule has 1 aliphatic heterocycles. The quantitative estimate of drug-likeness (QED) is 0.844. The number of carboxylic acid groups (broad SMARTS) is 1. The summed E-state index contributed by atoms with van der Waals surface area (Å²) >= 11 is 0. The lowest BCUT2D eigenvalue weighted by molar-refractivity contribution is -0.152. The molecular weight excluding hydrogens is 264 g/mol. The summed E-state index contributed by atoms with van der Waals surface area (Å²) in [6, 6.07) is 9.68. The van der Waals surface area contributed by atoms with Crippen molar-refractivity contribution in [2.24, 2.45) is 5.41 Å². The van der Waals surface area contributed by atoms with E-state index in [9.17, 15) is 9.90 Å². The maximum Gasteiger partial charge on any atom is 0.311 e. The molecule has 1 aromatic rings. The number of carboxylic acids is 1. The van der Waals surface area contributed by atoms with Gasteiger partial charge >= 0.3 is 5.97 Å². The Labute approximate surface area is 125 Å². The molecule has 1 saturated heterocycles. The van der Waals surface area contributed by atoms with Crippen molar-refractivity contribution in [2.45, 2.75) is 25.8 Å². The number of benzene rings is 1. The van der Waals surface area contributed by atoms with Crippen LogP contribution in [0.2, 0.25) is 0 Å². The molecule has 0 bridgehead atoms. The predicted molar refractivity (Wildman–Crippen MR) is 80.6 cm³/mol. The Morgan fingerprint density at radius 2 is 2.29 bits per heavy atom. The van der Waals surface area contributed by atoms with Crippen molar-refractivity contribution in [2.75, 3.05) is 13.1 Å². The van der Waals surface area contributed by atoms with Crippen LogP contribution >= 0.6 is 0 Å². The van der Waals surface area contributed by atoms with E-state index in [1.54, 1.807) is 12.1 Å². The molecule has 4 heteroatoms. The van der Waals surface area contributed by atoms with Crippen LogP contribution in [-0.2, 0) is 11.3 Å². The third-order valence-electron chi connectivity index (χ3n) is 4.18. The molecule has 0 amide bonds. The highest BCUT2D eigenvalue weighted by Gasteiger charge is 2.41. The maximum absolute atomic E-state index is 11.7. The van der Waals surface area contributed by atoms with Gasteiger partial charge in [-0.3, -0.25) is 9.69 Å². The van der Waals surface area contributed by atoms with Crippen molar-refractivity contribution >= 4 is 5.97 Å². The van der Waals surface area contributed by atoms with E-state index in [2.05, 4.69) is 17.5 Å². The van der Waals surface area contributed by atoms with E-state index >= 15 is 0 Å². The van der Waals surface area contributed by atoms with Gasteiger partial charge in [0.2, 0.25) is 0 Å². The molecule has 1 heterocycles. The summed E-state index contributed by atoms with van der Waals surface area (Å²) in [5.74, 6) is -0.749. The second-order valence-electron chi connectivity index (χ2n) is 5.66. The minimum absolute atomic E-state index is 0.485. The van der Waals surface area contributed by atoms with Gasteiger partial charge in [0.15, 0.2) is 0 Å². The van der Waals surface area contributed by atoms with Gasteiger partial charge in [-0.1, -0.05) is 24.3 Å². The van der Waals surface area contributed by atoms with Crippen LogP contribution in [0.3, 0.4) is 0 Å². The van der Waals surface area contributed by atoms with Gasteiger partial charge in [0, 0.05) is 13.1 Å². The highest BCUT2D eigenvalue weighted by molar-refractivity contribution is 5.75. The van der Waals surface area contributed by atoms with Crippen LogP contribution in [0.1, 0.15) is 30.4 Å². The van der Waals surface area contributed by atoms with Crippen LogP contribution in [0, 0.1) is 16.7 Å². The summed E-state index contributed by atoms with van der Waals surface area (Å²) in [6.07, 6.45) is 3.72. The largest absolute Gasteiger partial charge is 0.481 e. The molecule has 0 saturated carbocycles. The van der Waals surface area contributed by atoms with E-state index in [1.807, 2.05) is 18.2 Å². The van der Waals surface area contributed by atoms with E-state index in [4.69, 9.17) is 5.26 Å². The van der Waals surface area contributed by atoms with Crippen LogP contribution in [0.5, 0.6) is 0 Å². The highest BCUT2D eigenvalue weighted by Crippen LogP contribution is 2.35. The Morgan fingerprint density at radius 3 is 2.95 bits per heavy atom. The van der Waals surface area contributed by atoms with Crippen molar-refractivity contribution in [1.82, 2.24) is 4.90 Å². The van der Waals surface area contributed by atoms with E-state index in [0.29, 0.717) is 31.5 Å². The Balaban J connectivity index is 2.16. The van der Waals surface area contributed by atoms with Gasteiger partial charge in [-0.05, 0) is 37.4 Å². The first kappa shape index (κ1) is 15.3. The highest BCUT2D eigenvalue weighted by atomic mass is 16.4. The van der Waals surface area contributed by atoms with E-state index in [0.717, 1.165) is 18.5 Å². The van der Waals surface area contributed by atoms with Crippen LogP contribution in [0.15, 0.2) is 36.9 Å². The third kappa shape index (κ3) is 3.32. The average molecular weight is 284 g/mol. The molecule has 0 aromatic heterocycles. The molecule has 0 aliphatic carbocycles. The van der Waals surface area contributed by atoms with E-state index < -0.39 is 11.4 Å². The van der Waals surface area contributed by atoms with Crippen LogP contribution < -0.4 is 0 Å². The summed E-state index contributed by atoms with van der Waals surface area (Å²) in [7, 11) is 0. The Morgan fingerprint density at radius 1 is 1.52 bits per heavy atom. The van der Waals surface area contributed by atoms with Crippen molar-refractivity contribution in [3.8, 4) is 6.07 Å². The lowest BCUT2D eigenvalue weighted by atomic mass is 9.77. The van der Waals surface area contributed by atoms with Gasteiger partial charge in [-0.2, -0.15) is 5.26 Å². The number of carbonyl (C=O) groups is 1. The van der Waals surface area contributed by atoms with Gasteiger partial charge in [-0.15, -0.1) is 6.58 Å². The lowest BCUT2D eigenvalue weighted by Crippen LogP contribution is -2.47. The lowest BCUT2D eigenvalue weighted by Gasteiger charge is -2.39. The minimum Gasteiger partial charge on any atom is -0.481 e. The van der Waals surface area contributed by atoms with Gasteiger partial charge in [-0.25, -0.2) is 0 Å². The first-order valence-electron chi connectivity index (χ1n) is 7.16. The van der Waals surface area contributed by atoms with E-state index in [-0.39, 0.29) is 0 Å². The molecule has 0 unspecified atom stereocenters. The summed E-state index contributed by atoms with van der Waals surface area (Å²) < 4.78 is 0. The van der Waals surface area contributed by atoms with Crippen molar-refractivity contribution in [3.05, 3.63) is 48.0 Å². The third-order valence-corrected chi connectivity index (χ3v) is 4.18. The Bertz CT molecular complexity index is 576. The molecule has 4 nitrogen and oxygen atoms in total. The molecule has 2 rings (SSSR count). The fourth-order valence-corrected chi connectivity index (χ4v) is 3.08. The van der Waals surface area contributed by atoms with Gasteiger partial charge in [0.05, 0.1) is 17.0 Å². The van der Waals surface area contributed by atoms with Gasteiger partial charge < -0.3 is 5.11 Å². The molecule has 0 radical (unpaired) electrons. The molecule has 1 atom stereocenters. The zero-order valence-electron chi connectivity index (χ0n) is 12.1. The van der Waals surface area contributed by atoms with Crippen LogP contribution in [0.4, 0.5) is 0 Å². The normalized spacial score (nSPS) is 22.4. The molecule has 0 spiro atoms. The maximum atomic E-state index is 11.7. The number of hydrogen-bond acceptors (Lipinski definition) is 3. The molecule has 21 heavy (non-hydrogen) atoms. The fraction of sp³-hybridized carbons (Fsp3) is 0.412. The van der Waals surface area contributed by atoms with E-state index in [1.165, 1.54) is 0 Å². The van der Waals surface area contributed by atoms with Crippen molar-refractivity contribution < 1.29 is 9.90 Å². The summed E-state index contributed by atoms with van der Waals surface area (Å²) in [5.41, 5.74) is 0.884. The Hall–Kier alpha value is -2.12. The zero-order valence-corrected chi connectivity index (χ0v) is 12.1. The average Bonchev–Trinajstić information content (AvgIpc) is 2.48. The van der Waals surface area contributed by atoms with Crippen molar-refractivity contribution in [1.29, 1.82) is 5.26 Å². The fourth-order valence-electron chi connectivity index (χ4n) is 3.08. The summed E-state index contributed by atoms with van der Waals surface area (Å²) in [5, 5.41) is 18.7. The zero-order chi connectivity index (χ0) is 15.3. The number of piperidine rings is 1. The first-order valence-corrected chi connectivity index (χ1v) is 7.16. The standard InChI is InChI=1S/C17H20N2O2/c1-2-8-17(16(20)21)9-5-10-19(13-17)12-15-7-4-3-6-14(15)11-18/h2-4,6-7H,1,5,8-10,12-13H2,(H,20,21)/t17-/m0/s1. The van der Waals surface area contributed by atoms with Crippen molar-refractivity contribution in [3.63, 3.8) is 0 Å². The second-order valence-corrected chi connectivity index (χ2v) is 5.66. The molecule has 1 N–H and O–H groups in total. The number of allylic oxidation sites excluding steroid dienone is 1. The number of hydrogen-bond donors (Lipinski definition) is 1. The van der Waals surface area contributed by atoms with Gasteiger partial charge in [0.1, 0.15) is 0 Å². The van der Waals surface area contributed by atoms with Gasteiger partial charge in [0.25, 0.3) is 0 Å². The topological polar surface area (TPSA) is 64.3 Å². The molecule has 110 valence electrons. The number of aliphatic carboxylic acids is 1. The predicted octanol–water partition coefficient (Wildman–Crippen LogP) is 2.80. The number of nitriles is 1. The smallest absolute Gasteiger partial charge is 0.311 e. The van der Waals surface area contributed by atoms with Crippen LogP contribution in [0.25, 0.3) is 0 Å². The number of rotatable bonds is 5. The number of nitrogens with zero attached hydrogens (tertiary/aromatic N) is 2. The monoisotopic (exact) mass is 284 g/mol. The SMILES string of the molecule is C=CC[C@]1(C(=O)O)CCCN(Cc2ccccc2C#N)C1. The first-order chi connectivity index (χ1) is 10.1. The summed E-state index contributed by atoms with van der Waals surface area (Å²) in [4.78, 5) is 13.8.